The van der Waals surface area contributed by atoms with Crippen molar-refractivity contribution < 1.29 is 4.74 Å². The van der Waals surface area contributed by atoms with Crippen LogP contribution in [0.1, 0.15) is 25.7 Å². The molecule has 1 aromatic heterocycles. The zero-order chi connectivity index (χ0) is 11.2. The molecular formula is C11H16ClN3O. The van der Waals surface area contributed by atoms with Gasteiger partial charge in [0.15, 0.2) is 0 Å². The topological polar surface area (TPSA) is 47.0 Å². The number of hydrogen-bond acceptors (Lipinski definition) is 4. The van der Waals surface area contributed by atoms with Gasteiger partial charge >= 0.3 is 0 Å². The second kappa shape index (κ2) is 6.01. The van der Waals surface area contributed by atoms with Gasteiger partial charge in [-0.05, 0) is 43.4 Å². The molecule has 88 valence electrons. The summed E-state index contributed by atoms with van der Waals surface area (Å²) in [6, 6.07) is 1.81. The molecule has 4 nitrogen and oxygen atoms in total. The first kappa shape index (κ1) is 11.6. The third-order valence-corrected chi connectivity index (χ3v) is 2.85. The van der Waals surface area contributed by atoms with E-state index in [-0.39, 0.29) is 5.28 Å². The van der Waals surface area contributed by atoms with Crippen LogP contribution in [-0.4, -0.2) is 29.2 Å². The number of rotatable bonds is 4. The Labute approximate surface area is 100 Å². The minimum atomic E-state index is 0.277. The van der Waals surface area contributed by atoms with E-state index in [0.29, 0.717) is 6.10 Å². The number of aromatic nitrogens is 2. The smallest absolute Gasteiger partial charge is 0.224 e. The van der Waals surface area contributed by atoms with Crippen LogP contribution in [0.15, 0.2) is 12.3 Å². The third kappa shape index (κ3) is 3.61. The van der Waals surface area contributed by atoms with Gasteiger partial charge in [0.1, 0.15) is 5.82 Å². The van der Waals surface area contributed by atoms with Crippen LogP contribution in [0.2, 0.25) is 5.28 Å². The molecule has 1 N–H and O–H groups in total. The van der Waals surface area contributed by atoms with Crippen molar-refractivity contribution in [3.05, 3.63) is 17.5 Å². The lowest BCUT2D eigenvalue weighted by Gasteiger charge is -2.22. The van der Waals surface area contributed by atoms with Crippen molar-refractivity contribution in [3.8, 4) is 0 Å². The lowest BCUT2D eigenvalue weighted by molar-refractivity contribution is 0.0134. The molecule has 0 radical (unpaired) electrons. The van der Waals surface area contributed by atoms with Crippen molar-refractivity contribution in [2.24, 2.45) is 0 Å². The number of nitrogens with one attached hydrogen (secondary N) is 1. The van der Waals surface area contributed by atoms with Crippen molar-refractivity contribution in [2.45, 2.75) is 31.8 Å². The summed E-state index contributed by atoms with van der Waals surface area (Å²) in [5.74, 6) is 0.774. The molecule has 0 aromatic carbocycles. The Morgan fingerprint density at radius 1 is 1.50 bits per heavy atom. The average molecular weight is 242 g/mol. The Morgan fingerprint density at radius 2 is 2.44 bits per heavy atom. The van der Waals surface area contributed by atoms with E-state index in [1.165, 1.54) is 19.3 Å². The number of halogens is 1. The van der Waals surface area contributed by atoms with Crippen LogP contribution < -0.4 is 5.32 Å². The molecule has 1 aliphatic heterocycles. The summed E-state index contributed by atoms with van der Waals surface area (Å²) in [5, 5.41) is 3.49. The van der Waals surface area contributed by atoms with E-state index in [2.05, 4.69) is 15.3 Å². The average Bonchev–Trinajstić information content (AvgIpc) is 2.30. The highest BCUT2D eigenvalue weighted by atomic mass is 35.5. The van der Waals surface area contributed by atoms with Crippen LogP contribution >= 0.6 is 11.6 Å². The van der Waals surface area contributed by atoms with E-state index < -0.39 is 0 Å². The molecule has 1 unspecified atom stereocenters. The van der Waals surface area contributed by atoms with Gasteiger partial charge in [0.05, 0.1) is 6.10 Å². The number of ether oxygens (including phenoxy) is 1. The van der Waals surface area contributed by atoms with Crippen LogP contribution in [0.4, 0.5) is 5.82 Å². The van der Waals surface area contributed by atoms with Crippen LogP contribution in [0.5, 0.6) is 0 Å². The highest BCUT2D eigenvalue weighted by Crippen LogP contribution is 2.15. The summed E-state index contributed by atoms with van der Waals surface area (Å²) in [4.78, 5) is 7.89. The van der Waals surface area contributed by atoms with E-state index in [1.54, 1.807) is 6.20 Å². The Hall–Kier alpha value is -0.870. The maximum atomic E-state index is 5.69. The summed E-state index contributed by atoms with van der Waals surface area (Å²) in [7, 11) is 0. The fourth-order valence-corrected chi connectivity index (χ4v) is 1.98. The van der Waals surface area contributed by atoms with E-state index in [9.17, 15) is 0 Å². The summed E-state index contributed by atoms with van der Waals surface area (Å²) < 4.78 is 5.64. The van der Waals surface area contributed by atoms with Crippen LogP contribution in [0, 0.1) is 0 Å². The molecule has 1 atom stereocenters. The van der Waals surface area contributed by atoms with E-state index in [1.807, 2.05) is 6.07 Å². The molecule has 0 aliphatic carbocycles. The molecule has 16 heavy (non-hydrogen) atoms. The third-order valence-electron chi connectivity index (χ3n) is 2.67. The second-order valence-electron chi connectivity index (χ2n) is 3.91. The van der Waals surface area contributed by atoms with Crippen molar-refractivity contribution in [1.29, 1.82) is 0 Å². The summed E-state index contributed by atoms with van der Waals surface area (Å²) in [6.07, 6.45) is 6.72. The molecule has 1 aliphatic rings. The molecule has 1 fully saturated rings. The van der Waals surface area contributed by atoms with Gasteiger partial charge in [-0.1, -0.05) is 0 Å². The maximum Gasteiger partial charge on any atom is 0.224 e. The molecule has 1 saturated heterocycles. The standard InChI is InChI=1S/C11H16ClN3O/c12-11-14-7-5-10(15-11)13-6-4-9-3-1-2-8-16-9/h5,7,9H,1-4,6,8H2,(H,13,14,15). The zero-order valence-electron chi connectivity index (χ0n) is 9.16. The second-order valence-corrected chi connectivity index (χ2v) is 4.25. The van der Waals surface area contributed by atoms with Crippen molar-refractivity contribution >= 4 is 17.4 Å². The van der Waals surface area contributed by atoms with Gasteiger partial charge < -0.3 is 10.1 Å². The quantitative estimate of drug-likeness (QED) is 0.823. The SMILES string of the molecule is Clc1nccc(NCCC2CCCCO2)n1. The number of hydrogen-bond donors (Lipinski definition) is 1. The van der Waals surface area contributed by atoms with Gasteiger partial charge in [-0.3, -0.25) is 0 Å². The molecule has 0 bridgehead atoms. The monoisotopic (exact) mass is 241 g/mol. The Bertz CT molecular complexity index is 329. The molecule has 2 heterocycles. The fraction of sp³-hybridized carbons (Fsp3) is 0.636. The molecular weight excluding hydrogens is 226 g/mol. The fourth-order valence-electron chi connectivity index (χ4n) is 1.83. The van der Waals surface area contributed by atoms with Crippen molar-refractivity contribution in [2.75, 3.05) is 18.5 Å². The normalized spacial score (nSPS) is 20.7. The molecule has 0 amide bonds. The molecule has 1 aromatic rings. The van der Waals surface area contributed by atoms with Gasteiger partial charge in [-0.25, -0.2) is 9.97 Å². The first-order valence-corrected chi connectivity index (χ1v) is 6.06. The van der Waals surface area contributed by atoms with E-state index in [4.69, 9.17) is 16.3 Å². The number of anilines is 1. The summed E-state index contributed by atoms with van der Waals surface area (Å²) in [5.41, 5.74) is 0. The molecule has 0 spiro atoms. The Balaban J connectivity index is 1.71. The number of nitrogens with zero attached hydrogens (tertiary/aromatic N) is 2. The molecule has 5 heteroatoms. The lowest BCUT2D eigenvalue weighted by atomic mass is 10.1. The van der Waals surface area contributed by atoms with Gasteiger partial charge in [0.2, 0.25) is 5.28 Å². The van der Waals surface area contributed by atoms with Gasteiger partial charge in [-0.2, -0.15) is 0 Å². The first-order chi connectivity index (χ1) is 7.84. The van der Waals surface area contributed by atoms with E-state index >= 15 is 0 Å². The van der Waals surface area contributed by atoms with Gasteiger partial charge in [0.25, 0.3) is 0 Å². The van der Waals surface area contributed by atoms with Crippen LogP contribution in [0.3, 0.4) is 0 Å². The van der Waals surface area contributed by atoms with Crippen LogP contribution in [-0.2, 0) is 4.74 Å². The minimum absolute atomic E-state index is 0.277. The highest BCUT2D eigenvalue weighted by Gasteiger charge is 2.12. The highest BCUT2D eigenvalue weighted by molar-refractivity contribution is 6.28. The molecule has 0 saturated carbocycles. The van der Waals surface area contributed by atoms with Gasteiger partial charge in [0, 0.05) is 19.3 Å². The first-order valence-electron chi connectivity index (χ1n) is 5.68. The Kier molecular flexibility index (Phi) is 4.36. The van der Waals surface area contributed by atoms with Crippen molar-refractivity contribution in [3.63, 3.8) is 0 Å². The Morgan fingerprint density at radius 3 is 3.19 bits per heavy atom. The van der Waals surface area contributed by atoms with Crippen molar-refractivity contribution in [1.82, 2.24) is 9.97 Å². The predicted molar refractivity (Wildman–Crippen MR) is 63.7 cm³/mol. The maximum absolute atomic E-state index is 5.69. The molecule has 2 rings (SSSR count). The van der Waals surface area contributed by atoms with Gasteiger partial charge in [-0.15, -0.1) is 0 Å². The summed E-state index contributed by atoms with van der Waals surface area (Å²) >= 11 is 5.69. The minimum Gasteiger partial charge on any atom is -0.378 e. The van der Waals surface area contributed by atoms with Crippen LogP contribution in [0.25, 0.3) is 0 Å². The lowest BCUT2D eigenvalue weighted by Crippen LogP contribution is -2.22. The summed E-state index contributed by atoms with van der Waals surface area (Å²) in [6.45, 7) is 1.77. The zero-order valence-corrected chi connectivity index (χ0v) is 9.91. The predicted octanol–water partition coefficient (Wildman–Crippen LogP) is 2.50. The largest absolute Gasteiger partial charge is 0.378 e. The van der Waals surface area contributed by atoms with E-state index in [0.717, 1.165) is 25.4 Å².